The van der Waals surface area contributed by atoms with E-state index in [2.05, 4.69) is 15.5 Å². The fraction of sp³-hybridized carbons (Fsp3) is 0.438. The molecule has 0 atom stereocenters. The largest absolute Gasteiger partial charge is 0.495 e. The standard InChI is InChI=1S/C16H20ClN3O4/c1-4-5-14-19-16(24-20-14)7-6-15(21)18-11-9-12(22-2)10(17)8-13(11)23-3/h8-9H,4-7H2,1-3H3,(H,18,21). The fourth-order valence-electron chi connectivity index (χ4n) is 2.11. The van der Waals surface area contributed by atoms with E-state index in [0.717, 1.165) is 12.8 Å². The molecular weight excluding hydrogens is 334 g/mol. The number of ether oxygens (including phenoxy) is 2. The zero-order chi connectivity index (χ0) is 17.5. The molecule has 130 valence electrons. The summed E-state index contributed by atoms with van der Waals surface area (Å²) >= 11 is 6.04. The molecule has 0 aliphatic rings. The number of nitrogens with one attached hydrogen (secondary N) is 1. The molecule has 1 amide bonds. The average molecular weight is 354 g/mol. The molecule has 0 saturated carbocycles. The second-order valence-electron chi connectivity index (χ2n) is 5.09. The third-order valence-electron chi connectivity index (χ3n) is 3.30. The lowest BCUT2D eigenvalue weighted by atomic mass is 10.2. The van der Waals surface area contributed by atoms with Crippen molar-refractivity contribution >= 4 is 23.2 Å². The highest BCUT2D eigenvalue weighted by Gasteiger charge is 2.14. The van der Waals surface area contributed by atoms with Gasteiger partial charge in [-0.05, 0) is 6.42 Å². The Labute approximate surface area is 145 Å². The summed E-state index contributed by atoms with van der Waals surface area (Å²) in [6, 6.07) is 3.20. The number of hydrogen-bond acceptors (Lipinski definition) is 6. The van der Waals surface area contributed by atoms with E-state index < -0.39 is 0 Å². The van der Waals surface area contributed by atoms with E-state index in [0.29, 0.717) is 40.3 Å². The Morgan fingerprint density at radius 1 is 1.25 bits per heavy atom. The zero-order valence-corrected chi connectivity index (χ0v) is 14.6. The molecule has 1 aromatic heterocycles. The van der Waals surface area contributed by atoms with Crippen LogP contribution in [0.2, 0.25) is 5.02 Å². The molecule has 0 aliphatic carbocycles. The van der Waals surface area contributed by atoms with Crippen LogP contribution in [0.15, 0.2) is 16.7 Å². The lowest BCUT2D eigenvalue weighted by molar-refractivity contribution is -0.116. The molecule has 0 aliphatic heterocycles. The van der Waals surface area contributed by atoms with Crippen molar-refractivity contribution < 1.29 is 18.8 Å². The van der Waals surface area contributed by atoms with Crippen LogP contribution in [0.3, 0.4) is 0 Å². The van der Waals surface area contributed by atoms with Crippen molar-refractivity contribution in [3.05, 3.63) is 28.9 Å². The van der Waals surface area contributed by atoms with Gasteiger partial charge in [-0.2, -0.15) is 4.98 Å². The summed E-state index contributed by atoms with van der Waals surface area (Å²) in [6.45, 7) is 2.04. The number of aryl methyl sites for hydroxylation is 2. The minimum Gasteiger partial charge on any atom is -0.495 e. The monoisotopic (exact) mass is 353 g/mol. The van der Waals surface area contributed by atoms with Crippen LogP contribution in [0.5, 0.6) is 11.5 Å². The molecule has 7 nitrogen and oxygen atoms in total. The Kier molecular flexibility index (Phi) is 6.43. The number of carbonyl (C=O) groups is 1. The van der Waals surface area contributed by atoms with Gasteiger partial charge in [0.25, 0.3) is 0 Å². The highest BCUT2D eigenvalue weighted by atomic mass is 35.5. The number of rotatable bonds is 8. The van der Waals surface area contributed by atoms with E-state index in [4.69, 9.17) is 25.6 Å². The molecule has 0 saturated heterocycles. The Morgan fingerprint density at radius 3 is 2.67 bits per heavy atom. The van der Waals surface area contributed by atoms with Crippen molar-refractivity contribution in [2.75, 3.05) is 19.5 Å². The predicted octanol–water partition coefficient (Wildman–Crippen LogP) is 3.26. The second kappa shape index (κ2) is 8.54. The highest BCUT2D eigenvalue weighted by molar-refractivity contribution is 6.32. The van der Waals surface area contributed by atoms with Crippen molar-refractivity contribution in [2.45, 2.75) is 32.6 Å². The van der Waals surface area contributed by atoms with Crippen LogP contribution in [-0.2, 0) is 17.6 Å². The van der Waals surface area contributed by atoms with E-state index in [1.54, 1.807) is 12.1 Å². The lowest BCUT2D eigenvalue weighted by Gasteiger charge is -2.12. The molecule has 2 aromatic rings. The van der Waals surface area contributed by atoms with Crippen LogP contribution < -0.4 is 14.8 Å². The number of nitrogens with zero attached hydrogens (tertiary/aromatic N) is 2. The molecule has 0 bridgehead atoms. The Hall–Kier alpha value is -2.28. The first-order valence-electron chi connectivity index (χ1n) is 7.60. The van der Waals surface area contributed by atoms with Crippen LogP contribution in [0.4, 0.5) is 5.69 Å². The van der Waals surface area contributed by atoms with Gasteiger partial charge in [-0.25, -0.2) is 0 Å². The second-order valence-corrected chi connectivity index (χ2v) is 5.50. The van der Waals surface area contributed by atoms with E-state index in [-0.39, 0.29) is 12.3 Å². The summed E-state index contributed by atoms with van der Waals surface area (Å²) in [5, 5.41) is 7.04. The molecule has 8 heteroatoms. The molecule has 0 radical (unpaired) electrons. The van der Waals surface area contributed by atoms with Gasteiger partial charge >= 0.3 is 0 Å². The number of anilines is 1. The maximum atomic E-state index is 12.1. The first kappa shape index (κ1) is 18.1. The van der Waals surface area contributed by atoms with Gasteiger partial charge in [-0.1, -0.05) is 23.7 Å². The number of hydrogen-bond donors (Lipinski definition) is 1. The van der Waals surface area contributed by atoms with Gasteiger partial charge in [-0.3, -0.25) is 4.79 Å². The smallest absolute Gasteiger partial charge is 0.227 e. The van der Waals surface area contributed by atoms with Crippen molar-refractivity contribution in [3.63, 3.8) is 0 Å². The number of benzene rings is 1. The summed E-state index contributed by atoms with van der Waals surface area (Å²) in [5.41, 5.74) is 0.487. The van der Waals surface area contributed by atoms with E-state index in [1.807, 2.05) is 6.92 Å². The van der Waals surface area contributed by atoms with Gasteiger partial charge in [0.15, 0.2) is 5.82 Å². The number of carbonyl (C=O) groups excluding carboxylic acids is 1. The van der Waals surface area contributed by atoms with Crippen molar-refractivity contribution in [2.24, 2.45) is 0 Å². The van der Waals surface area contributed by atoms with Gasteiger partial charge in [-0.15, -0.1) is 0 Å². The van der Waals surface area contributed by atoms with Crippen LogP contribution >= 0.6 is 11.6 Å². The van der Waals surface area contributed by atoms with Crippen molar-refractivity contribution in [3.8, 4) is 11.5 Å². The number of halogens is 1. The first-order valence-corrected chi connectivity index (χ1v) is 7.98. The van der Waals surface area contributed by atoms with Crippen molar-refractivity contribution in [1.29, 1.82) is 0 Å². The lowest BCUT2D eigenvalue weighted by Crippen LogP contribution is -2.13. The molecule has 0 unspecified atom stereocenters. The average Bonchev–Trinajstić information content (AvgIpc) is 3.02. The van der Waals surface area contributed by atoms with Crippen LogP contribution in [0.1, 0.15) is 31.5 Å². The summed E-state index contributed by atoms with van der Waals surface area (Å²) in [5.74, 6) is 1.82. The molecule has 24 heavy (non-hydrogen) atoms. The van der Waals surface area contributed by atoms with Crippen LogP contribution in [0, 0.1) is 0 Å². The van der Waals surface area contributed by atoms with Crippen LogP contribution in [-0.4, -0.2) is 30.3 Å². The molecule has 2 rings (SSSR count). The first-order chi connectivity index (χ1) is 11.6. The molecule has 0 spiro atoms. The fourth-order valence-corrected chi connectivity index (χ4v) is 2.34. The van der Waals surface area contributed by atoms with Gasteiger partial charge in [0, 0.05) is 31.4 Å². The maximum absolute atomic E-state index is 12.1. The molecule has 0 fully saturated rings. The third-order valence-corrected chi connectivity index (χ3v) is 3.59. The van der Waals surface area contributed by atoms with E-state index >= 15 is 0 Å². The molecular formula is C16H20ClN3O4. The van der Waals surface area contributed by atoms with Gasteiger partial charge < -0.3 is 19.3 Å². The number of aromatic nitrogens is 2. The topological polar surface area (TPSA) is 86.5 Å². The quantitative estimate of drug-likeness (QED) is 0.783. The SMILES string of the molecule is CCCc1noc(CCC(=O)Nc2cc(OC)c(Cl)cc2OC)n1. The van der Waals surface area contributed by atoms with E-state index in [1.165, 1.54) is 14.2 Å². The summed E-state index contributed by atoms with van der Waals surface area (Å²) < 4.78 is 15.5. The van der Waals surface area contributed by atoms with Gasteiger partial charge in [0.1, 0.15) is 11.5 Å². The Bertz CT molecular complexity index is 703. The summed E-state index contributed by atoms with van der Waals surface area (Å²) in [6.07, 6.45) is 2.28. The normalized spacial score (nSPS) is 10.5. The highest BCUT2D eigenvalue weighted by Crippen LogP contribution is 2.35. The molecule has 1 N–H and O–H groups in total. The van der Waals surface area contributed by atoms with Gasteiger partial charge in [0.2, 0.25) is 11.8 Å². The minimum absolute atomic E-state index is 0.201. The molecule has 1 heterocycles. The van der Waals surface area contributed by atoms with Crippen molar-refractivity contribution in [1.82, 2.24) is 10.1 Å². The van der Waals surface area contributed by atoms with Gasteiger partial charge in [0.05, 0.1) is 24.9 Å². The minimum atomic E-state index is -0.201. The summed E-state index contributed by atoms with van der Waals surface area (Å²) in [7, 11) is 3.00. The van der Waals surface area contributed by atoms with E-state index in [9.17, 15) is 4.79 Å². The Balaban J connectivity index is 1.98. The number of amides is 1. The third kappa shape index (κ3) is 4.61. The molecule has 1 aromatic carbocycles. The Morgan fingerprint density at radius 2 is 2.00 bits per heavy atom. The summed E-state index contributed by atoms with van der Waals surface area (Å²) in [4.78, 5) is 16.4. The van der Waals surface area contributed by atoms with Crippen LogP contribution in [0.25, 0.3) is 0 Å². The number of methoxy groups -OCH3 is 2. The maximum Gasteiger partial charge on any atom is 0.227 e. The zero-order valence-electron chi connectivity index (χ0n) is 13.9. The predicted molar refractivity (Wildman–Crippen MR) is 89.8 cm³/mol.